The number of fused-ring (bicyclic) bond motifs is 1. The van der Waals surface area contributed by atoms with Crippen molar-refractivity contribution >= 4 is 23.6 Å². The van der Waals surface area contributed by atoms with Gasteiger partial charge < -0.3 is 0 Å². The first-order chi connectivity index (χ1) is 14.5. The number of H-pyrrole nitrogens is 1. The zero-order chi connectivity index (χ0) is 20.9. The molecule has 1 saturated heterocycles. The molecule has 6 nitrogen and oxygen atoms in total. The third-order valence-electron chi connectivity index (χ3n) is 6.48. The van der Waals surface area contributed by atoms with Gasteiger partial charge in [0.05, 0.1) is 0 Å². The van der Waals surface area contributed by atoms with Gasteiger partial charge in [0.1, 0.15) is 0 Å². The van der Waals surface area contributed by atoms with E-state index in [0.717, 1.165) is 13.1 Å². The number of hydrogen-bond acceptors (Lipinski definition) is 5. The van der Waals surface area contributed by atoms with Crippen molar-refractivity contribution in [2.45, 2.75) is 25.0 Å². The summed E-state index contributed by atoms with van der Waals surface area (Å²) in [5.41, 5.74) is 0.437. The summed E-state index contributed by atoms with van der Waals surface area (Å²) in [6, 6.07) is 12.0. The van der Waals surface area contributed by atoms with Crippen LogP contribution < -0.4 is 10.9 Å². The molecule has 30 heavy (non-hydrogen) atoms. The Kier molecular flexibility index (Phi) is 4.94. The minimum absolute atomic E-state index is 0.306. The second-order valence-corrected chi connectivity index (χ2v) is 12.0. The van der Waals surface area contributed by atoms with Gasteiger partial charge in [0.15, 0.2) is 0 Å². The molecule has 2 fully saturated rings. The van der Waals surface area contributed by atoms with E-state index in [9.17, 15) is 19.2 Å². The van der Waals surface area contributed by atoms with Crippen molar-refractivity contribution < 1.29 is 14.4 Å². The van der Waals surface area contributed by atoms with E-state index >= 15 is 0 Å². The van der Waals surface area contributed by atoms with Gasteiger partial charge >= 0.3 is 173 Å². The van der Waals surface area contributed by atoms with Crippen LogP contribution in [0.5, 0.6) is 0 Å². The predicted molar refractivity (Wildman–Crippen MR) is 117 cm³/mol. The van der Waals surface area contributed by atoms with Gasteiger partial charge in [-0.2, -0.15) is 0 Å². The number of aliphatic hydroxyl groups is 1. The summed E-state index contributed by atoms with van der Waals surface area (Å²) in [4.78, 5) is 25.8. The molecule has 1 unspecified atom stereocenters. The summed E-state index contributed by atoms with van der Waals surface area (Å²) in [5, 5.41) is 18.8. The van der Waals surface area contributed by atoms with Gasteiger partial charge in [0, 0.05) is 0 Å². The van der Waals surface area contributed by atoms with Crippen molar-refractivity contribution in [3.8, 4) is 0 Å². The van der Waals surface area contributed by atoms with Crippen molar-refractivity contribution in [2.75, 3.05) is 25.4 Å². The summed E-state index contributed by atoms with van der Waals surface area (Å²) in [7, 11) is -2.96. The van der Waals surface area contributed by atoms with Gasteiger partial charge in [-0.1, -0.05) is 0 Å². The molecular formula is C22H25FN3O3P. The molecule has 2 aromatic carbocycles. The molecule has 0 spiro atoms. The molecule has 8 heteroatoms. The van der Waals surface area contributed by atoms with Gasteiger partial charge in [-0.15, -0.1) is 0 Å². The number of aliphatic hydroxyl groups excluding tert-OH is 1. The van der Waals surface area contributed by atoms with Gasteiger partial charge in [0.25, 0.3) is 0 Å². The molecule has 5 rings (SSSR count). The number of benzene rings is 2. The summed E-state index contributed by atoms with van der Waals surface area (Å²) < 4.78 is 14.8. The van der Waals surface area contributed by atoms with Crippen LogP contribution in [0.4, 0.5) is 4.39 Å². The summed E-state index contributed by atoms with van der Waals surface area (Å²) in [5.74, 6) is -0.417. The number of aromatic nitrogens is 2. The number of hydrogen-bond donors (Lipinski definition) is 3. The van der Waals surface area contributed by atoms with Crippen LogP contribution in [0.25, 0.3) is 10.8 Å². The molecule has 1 aromatic heterocycles. The van der Waals surface area contributed by atoms with E-state index in [1.165, 1.54) is 25.0 Å². The van der Waals surface area contributed by atoms with Crippen molar-refractivity contribution in [3.05, 3.63) is 69.9 Å². The van der Waals surface area contributed by atoms with E-state index in [2.05, 4.69) is 15.1 Å². The summed E-state index contributed by atoms with van der Waals surface area (Å²) in [6.07, 6.45) is 2.49. The molecule has 2 aliphatic rings. The molecule has 2 heterocycles. The molecule has 1 atom stereocenters. The molecule has 0 bridgehead atoms. The molecule has 1 aliphatic carbocycles. The molecule has 3 N–H and O–H groups in total. The zero-order valence-electron chi connectivity index (χ0n) is 16.5. The Morgan fingerprint density at radius 3 is 2.53 bits per heavy atom. The average molecular weight is 429 g/mol. The standard InChI is InChI=1S/C22H25FN3O3P/c23-18-8-5-14(13-19(18)30(29)11-9-26(10-12-30)15-6-7-15)21(27)20-16-3-1-2-4-17(16)22(28)25-24-20/h1-5,8,13,15,21,27,29-30H,6-7,9-12H2,(H,25,28). The van der Waals surface area contributed by atoms with Crippen molar-refractivity contribution in [2.24, 2.45) is 0 Å². The van der Waals surface area contributed by atoms with E-state index in [-0.39, 0.29) is 5.56 Å². The maximum absolute atomic E-state index is 14.8. The van der Waals surface area contributed by atoms with Crippen LogP contribution in [0, 0.1) is 5.82 Å². The van der Waals surface area contributed by atoms with E-state index in [1.54, 1.807) is 30.3 Å². The number of rotatable bonds is 4. The van der Waals surface area contributed by atoms with E-state index in [1.807, 2.05) is 0 Å². The fraction of sp³-hybridized carbons (Fsp3) is 0.364. The quantitative estimate of drug-likeness (QED) is 0.552. The Labute approximate surface area is 173 Å². The first-order valence-corrected chi connectivity index (χ1v) is 12.7. The van der Waals surface area contributed by atoms with Gasteiger partial charge in [-0.3, -0.25) is 0 Å². The molecule has 0 amide bonds. The second kappa shape index (κ2) is 7.50. The zero-order valence-corrected chi connectivity index (χ0v) is 17.5. The molecule has 1 aliphatic heterocycles. The second-order valence-electron chi connectivity index (χ2n) is 8.42. The van der Waals surface area contributed by atoms with Crippen LogP contribution in [0.2, 0.25) is 0 Å². The summed E-state index contributed by atoms with van der Waals surface area (Å²) >= 11 is 0. The van der Waals surface area contributed by atoms with Gasteiger partial charge in [0.2, 0.25) is 0 Å². The summed E-state index contributed by atoms with van der Waals surface area (Å²) in [6.45, 7) is 1.59. The Balaban J connectivity index is 1.49. The van der Waals surface area contributed by atoms with Crippen LogP contribution in [0.15, 0.2) is 47.3 Å². The Bertz CT molecular complexity index is 1160. The van der Waals surface area contributed by atoms with Crippen molar-refractivity contribution in [1.29, 1.82) is 0 Å². The fourth-order valence-electron chi connectivity index (χ4n) is 4.54. The molecule has 1 saturated carbocycles. The number of aromatic amines is 1. The number of nitrogens with zero attached hydrogens (tertiary/aromatic N) is 2. The predicted octanol–water partition coefficient (Wildman–Crippen LogP) is 1.90. The minimum atomic E-state index is -2.96. The Morgan fingerprint density at radius 2 is 1.83 bits per heavy atom. The Hall–Kier alpha value is -2.18. The van der Waals surface area contributed by atoms with E-state index in [4.69, 9.17) is 0 Å². The first-order valence-electron chi connectivity index (χ1n) is 10.4. The van der Waals surface area contributed by atoms with Crippen LogP contribution in [-0.4, -0.2) is 56.6 Å². The molecule has 0 radical (unpaired) electrons. The maximum atomic E-state index is 14.8. The first kappa shape index (κ1) is 19.8. The fourth-order valence-corrected chi connectivity index (χ4v) is 7.61. The van der Waals surface area contributed by atoms with Crippen molar-refractivity contribution in [1.82, 2.24) is 15.1 Å². The van der Waals surface area contributed by atoms with Crippen LogP contribution >= 0.6 is 7.49 Å². The third-order valence-corrected chi connectivity index (χ3v) is 9.97. The van der Waals surface area contributed by atoms with Crippen LogP contribution in [0.1, 0.15) is 30.2 Å². The normalized spacial score (nSPS) is 21.4. The van der Waals surface area contributed by atoms with Crippen LogP contribution in [0.3, 0.4) is 0 Å². The third kappa shape index (κ3) is 3.46. The molecule has 3 aromatic rings. The Morgan fingerprint density at radius 1 is 1.13 bits per heavy atom. The molecule has 158 valence electrons. The van der Waals surface area contributed by atoms with E-state index in [0.29, 0.717) is 45.7 Å². The van der Waals surface area contributed by atoms with Gasteiger partial charge in [-0.05, 0) is 0 Å². The topological polar surface area (TPSA) is 89.5 Å². The SMILES string of the molecule is O=c1[nH]nc(C(O)c2ccc(F)c([PH]3(O)CCN(C4CC4)CC3)c2)c2ccccc12. The van der Waals surface area contributed by atoms with Crippen molar-refractivity contribution in [3.63, 3.8) is 0 Å². The molecular weight excluding hydrogens is 404 g/mol. The van der Waals surface area contributed by atoms with Crippen LogP contribution in [-0.2, 0) is 0 Å². The monoisotopic (exact) mass is 429 g/mol. The number of nitrogens with one attached hydrogen (secondary N) is 1. The van der Waals surface area contributed by atoms with E-state index < -0.39 is 19.4 Å². The number of halogens is 1. The average Bonchev–Trinajstić information content (AvgIpc) is 3.60. The van der Waals surface area contributed by atoms with Gasteiger partial charge in [-0.25, -0.2) is 0 Å².